The van der Waals surface area contributed by atoms with Crippen molar-refractivity contribution in [1.29, 1.82) is 0 Å². The van der Waals surface area contributed by atoms with Crippen LogP contribution in [0, 0.1) is 17.4 Å². The van der Waals surface area contributed by atoms with Crippen molar-refractivity contribution in [1.82, 2.24) is 29.4 Å². The number of aromatic nitrogens is 4. The van der Waals surface area contributed by atoms with E-state index in [2.05, 4.69) is 43.9 Å². The summed E-state index contributed by atoms with van der Waals surface area (Å²) in [6.07, 6.45) is 4.59. The van der Waals surface area contributed by atoms with E-state index in [-0.39, 0.29) is 5.91 Å². The van der Waals surface area contributed by atoms with E-state index in [0.29, 0.717) is 13.0 Å². The van der Waals surface area contributed by atoms with Crippen LogP contribution in [0.5, 0.6) is 0 Å². The lowest BCUT2D eigenvalue weighted by Crippen LogP contribution is -2.48. The highest BCUT2D eigenvalue weighted by atomic mass is 127. The molecule has 0 N–H and O–H groups in total. The Hall–Kier alpha value is -1.42. The molecule has 1 saturated heterocycles. The molecule has 3 rings (SSSR count). The van der Waals surface area contributed by atoms with E-state index in [1.807, 2.05) is 41.4 Å². The first kappa shape index (κ1) is 18.4. The van der Waals surface area contributed by atoms with Crippen LogP contribution in [0.3, 0.4) is 0 Å². The first-order valence-corrected chi connectivity index (χ1v) is 9.69. The van der Waals surface area contributed by atoms with Gasteiger partial charge in [-0.3, -0.25) is 19.1 Å². The molecule has 1 fully saturated rings. The Morgan fingerprint density at radius 3 is 2.40 bits per heavy atom. The third kappa shape index (κ3) is 4.60. The van der Waals surface area contributed by atoms with Crippen LogP contribution in [0.15, 0.2) is 12.4 Å². The zero-order chi connectivity index (χ0) is 18.0. The number of halogens is 1. The average molecular weight is 456 g/mol. The molecule has 0 spiro atoms. The van der Waals surface area contributed by atoms with Gasteiger partial charge in [-0.25, -0.2) is 0 Å². The molecule has 1 aliphatic heterocycles. The number of carbonyl (C=O) groups excluding carboxylic acids is 1. The highest BCUT2D eigenvalue weighted by molar-refractivity contribution is 14.1. The Bertz CT molecular complexity index is 725. The molecule has 1 aliphatic rings. The molecule has 0 unspecified atom stereocenters. The summed E-state index contributed by atoms with van der Waals surface area (Å²) in [7, 11) is 1.95. The fourth-order valence-electron chi connectivity index (χ4n) is 3.18. The van der Waals surface area contributed by atoms with Crippen LogP contribution in [0.2, 0.25) is 0 Å². The lowest BCUT2D eigenvalue weighted by atomic mass is 10.2. The SMILES string of the molecule is Cc1nn(CCC(=O)N2CCN(Cc3cn(C)nc3C)CC2)cc1I. The Labute approximate surface area is 162 Å². The van der Waals surface area contributed by atoms with Crippen molar-refractivity contribution in [2.45, 2.75) is 33.4 Å². The van der Waals surface area contributed by atoms with Gasteiger partial charge < -0.3 is 4.90 Å². The maximum Gasteiger partial charge on any atom is 0.224 e. The van der Waals surface area contributed by atoms with Gasteiger partial charge in [-0.05, 0) is 36.4 Å². The molecule has 2 aromatic heterocycles. The lowest BCUT2D eigenvalue weighted by molar-refractivity contribution is -0.133. The highest BCUT2D eigenvalue weighted by Crippen LogP contribution is 2.13. The molecule has 0 atom stereocenters. The summed E-state index contributed by atoms with van der Waals surface area (Å²) in [6, 6.07) is 0. The van der Waals surface area contributed by atoms with Crippen LogP contribution >= 0.6 is 22.6 Å². The van der Waals surface area contributed by atoms with Gasteiger partial charge in [0, 0.05) is 70.7 Å². The van der Waals surface area contributed by atoms with Gasteiger partial charge in [0.1, 0.15) is 0 Å². The minimum absolute atomic E-state index is 0.223. The average Bonchev–Trinajstić information content (AvgIpc) is 3.07. The predicted molar refractivity (Wildman–Crippen MR) is 104 cm³/mol. The van der Waals surface area contributed by atoms with Crippen LogP contribution < -0.4 is 0 Å². The summed E-state index contributed by atoms with van der Waals surface area (Å²) in [4.78, 5) is 16.8. The Morgan fingerprint density at radius 1 is 1.12 bits per heavy atom. The smallest absolute Gasteiger partial charge is 0.224 e. The van der Waals surface area contributed by atoms with Gasteiger partial charge in [0.25, 0.3) is 0 Å². The molecule has 0 bridgehead atoms. The van der Waals surface area contributed by atoms with Crippen LogP contribution in [0.1, 0.15) is 23.4 Å². The number of piperazine rings is 1. The minimum atomic E-state index is 0.223. The van der Waals surface area contributed by atoms with E-state index in [1.165, 1.54) is 5.56 Å². The van der Waals surface area contributed by atoms with Gasteiger partial charge in [-0.1, -0.05) is 0 Å². The second-order valence-electron chi connectivity index (χ2n) is 6.65. The fourth-order valence-corrected chi connectivity index (χ4v) is 3.61. The van der Waals surface area contributed by atoms with Crippen molar-refractivity contribution in [3.8, 4) is 0 Å². The normalized spacial score (nSPS) is 15.8. The standard InChI is InChI=1S/C17H25IN6O/c1-13-15(10-21(3)19-13)11-22-6-8-23(9-7-22)17(25)4-5-24-12-16(18)14(2)20-24/h10,12H,4-9,11H2,1-3H3. The van der Waals surface area contributed by atoms with Crippen molar-refractivity contribution < 1.29 is 4.79 Å². The van der Waals surface area contributed by atoms with E-state index in [4.69, 9.17) is 0 Å². The highest BCUT2D eigenvalue weighted by Gasteiger charge is 2.21. The topological polar surface area (TPSA) is 59.2 Å². The predicted octanol–water partition coefficient (Wildman–Crippen LogP) is 1.57. The zero-order valence-corrected chi connectivity index (χ0v) is 17.2. The van der Waals surface area contributed by atoms with Gasteiger partial charge in [0.05, 0.1) is 15.0 Å². The lowest BCUT2D eigenvalue weighted by Gasteiger charge is -2.34. The number of rotatable bonds is 5. The molecule has 0 aromatic carbocycles. The van der Waals surface area contributed by atoms with Crippen molar-refractivity contribution in [2.24, 2.45) is 7.05 Å². The quantitative estimate of drug-likeness (QED) is 0.642. The summed E-state index contributed by atoms with van der Waals surface area (Å²) >= 11 is 2.27. The van der Waals surface area contributed by atoms with E-state index >= 15 is 0 Å². The number of hydrogen-bond acceptors (Lipinski definition) is 4. The summed E-state index contributed by atoms with van der Waals surface area (Å²) in [5.41, 5.74) is 3.38. The van der Waals surface area contributed by atoms with Crippen LogP contribution in [0.4, 0.5) is 0 Å². The molecule has 0 radical (unpaired) electrons. The molecule has 8 heteroatoms. The Morgan fingerprint density at radius 2 is 1.84 bits per heavy atom. The van der Waals surface area contributed by atoms with Crippen molar-refractivity contribution in [3.63, 3.8) is 0 Å². The van der Waals surface area contributed by atoms with Gasteiger partial charge in [0.15, 0.2) is 0 Å². The molecule has 136 valence electrons. The Balaban J connectivity index is 1.45. The van der Waals surface area contributed by atoms with Crippen molar-refractivity contribution in [2.75, 3.05) is 26.2 Å². The second-order valence-corrected chi connectivity index (χ2v) is 7.81. The summed E-state index contributed by atoms with van der Waals surface area (Å²) in [5, 5.41) is 8.82. The first-order valence-electron chi connectivity index (χ1n) is 8.61. The largest absolute Gasteiger partial charge is 0.340 e. The third-order valence-corrected chi connectivity index (χ3v) is 5.73. The van der Waals surface area contributed by atoms with Crippen molar-refractivity contribution in [3.05, 3.63) is 32.9 Å². The molecular weight excluding hydrogens is 431 g/mol. The van der Waals surface area contributed by atoms with Gasteiger partial charge in [-0.2, -0.15) is 10.2 Å². The summed E-state index contributed by atoms with van der Waals surface area (Å²) in [6.45, 7) is 9.03. The molecular formula is C17H25IN6O. The fraction of sp³-hybridized carbons (Fsp3) is 0.588. The first-order chi connectivity index (χ1) is 11.9. The maximum absolute atomic E-state index is 12.4. The molecule has 0 saturated carbocycles. The van der Waals surface area contributed by atoms with Gasteiger partial charge in [-0.15, -0.1) is 0 Å². The number of nitrogens with zero attached hydrogens (tertiary/aromatic N) is 6. The molecule has 3 heterocycles. The Kier molecular flexibility index (Phi) is 5.78. The molecule has 0 aliphatic carbocycles. The zero-order valence-electron chi connectivity index (χ0n) is 15.1. The minimum Gasteiger partial charge on any atom is -0.340 e. The summed E-state index contributed by atoms with van der Waals surface area (Å²) in [5.74, 6) is 0.223. The summed E-state index contributed by atoms with van der Waals surface area (Å²) < 4.78 is 4.88. The van der Waals surface area contributed by atoms with Crippen LogP contribution in [-0.2, 0) is 24.9 Å². The molecule has 25 heavy (non-hydrogen) atoms. The number of carbonyl (C=O) groups is 1. The molecule has 7 nitrogen and oxygen atoms in total. The van der Waals surface area contributed by atoms with Crippen molar-refractivity contribution >= 4 is 28.5 Å². The van der Waals surface area contributed by atoms with E-state index in [9.17, 15) is 4.79 Å². The van der Waals surface area contributed by atoms with Crippen LogP contribution in [0.25, 0.3) is 0 Å². The monoisotopic (exact) mass is 456 g/mol. The van der Waals surface area contributed by atoms with E-state index in [0.717, 1.165) is 47.7 Å². The number of hydrogen-bond donors (Lipinski definition) is 0. The molecule has 2 aromatic rings. The van der Waals surface area contributed by atoms with Crippen LogP contribution in [-0.4, -0.2) is 61.4 Å². The van der Waals surface area contributed by atoms with Gasteiger partial charge >= 0.3 is 0 Å². The third-order valence-electron chi connectivity index (χ3n) is 4.68. The van der Waals surface area contributed by atoms with E-state index in [1.54, 1.807) is 0 Å². The maximum atomic E-state index is 12.4. The number of aryl methyl sites for hydroxylation is 4. The second kappa shape index (κ2) is 7.86. The van der Waals surface area contributed by atoms with Gasteiger partial charge in [0.2, 0.25) is 5.91 Å². The molecule has 1 amide bonds. The van der Waals surface area contributed by atoms with E-state index < -0.39 is 0 Å². The number of amides is 1.